The van der Waals surface area contributed by atoms with Crippen LogP contribution in [0.3, 0.4) is 0 Å². The monoisotopic (exact) mass is 285 g/mol. The van der Waals surface area contributed by atoms with E-state index in [1.54, 1.807) is 12.1 Å². The Morgan fingerprint density at radius 3 is 2.19 bits per heavy atom. The van der Waals surface area contributed by atoms with Crippen molar-refractivity contribution in [3.8, 4) is 0 Å². The molecule has 112 valence electrons. The highest BCUT2D eigenvalue weighted by molar-refractivity contribution is 5.35. The van der Waals surface area contributed by atoms with Crippen LogP contribution in [0.15, 0.2) is 48.5 Å². The highest BCUT2D eigenvalue weighted by atomic mass is 19.1. The predicted molar refractivity (Wildman–Crippen MR) is 87.1 cm³/mol. The smallest absolute Gasteiger partial charge is 0.123 e. The lowest BCUT2D eigenvalue weighted by Gasteiger charge is -2.22. The molecule has 0 aliphatic rings. The summed E-state index contributed by atoms with van der Waals surface area (Å²) in [7, 11) is 0. The van der Waals surface area contributed by atoms with Crippen LogP contribution in [0.5, 0.6) is 0 Å². The zero-order valence-corrected chi connectivity index (χ0v) is 13.3. The standard InChI is InChI=1S/C19H24FN/c1-5-21-18(15-7-6-8-17(20)13-15)14-9-11-16(12-10-14)19(2,3)4/h6-13,18,21H,5H2,1-4H3. The minimum atomic E-state index is -0.193. The molecule has 2 rings (SSSR count). The fraction of sp³-hybridized carbons (Fsp3) is 0.368. The second kappa shape index (κ2) is 6.40. The van der Waals surface area contributed by atoms with Crippen molar-refractivity contribution in [3.05, 3.63) is 71.0 Å². The summed E-state index contributed by atoms with van der Waals surface area (Å²) in [6, 6.07) is 15.4. The van der Waals surface area contributed by atoms with Gasteiger partial charge in [-0.1, -0.05) is 64.1 Å². The van der Waals surface area contributed by atoms with E-state index in [2.05, 4.69) is 57.3 Å². The molecule has 0 saturated carbocycles. The van der Waals surface area contributed by atoms with Crippen molar-refractivity contribution in [1.82, 2.24) is 5.32 Å². The lowest BCUT2D eigenvalue weighted by atomic mass is 9.86. The Morgan fingerprint density at radius 2 is 1.67 bits per heavy atom. The molecular formula is C19H24FN. The Hall–Kier alpha value is -1.67. The molecule has 2 aromatic rings. The van der Waals surface area contributed by atoms with Gasteiger partial charge in [-0.15, -0.1) is 0 Å². The third-order valence-electron chi connectivity index (χ3n) is 3.70. The number of hydrogen-bond acceptors (Lipinski definition) is 1. The van der Waals surface area contributed by atoms with Gasteiger partial charge in [0.2, 0.25) is 0 Å². The molecule has 2 heteroatoms. The van der Waals surface area contributed by atoms with Crippen LogP contribution in [0.4, 0.5) is 4.39 Å². The van der Waals surface area contributed by atoms with Crippen molar-refractivity contribution < 1.29 is 4.39 Å². The Labute approximate surface area is 127 Å². The number of rotatable bonds is 4. The average molecular weight is 285 g/mol. The first kappa shape index (κ1) is 15.7. The second-order valence-electron chi connectivity index (χ2n) is 6.42. The van der Waals surface area contributed by atoms with Crippen molar-refractivity contribution in [1.29, 1.82) is 0 Å². The minimum absolute atomic E-state index is 0.0275. The van der Waals surface area contributed by atoms with Crippen LogP contribution >= 0.6 is 0 Å². The minimum Gasteiger partial charge on any atom is -0.307 e. The highest BCUT2D eigenvalue weighted by Gasteiger charge is 2.16. The maximum Gasteiger partial charge on any atom is 0.123 e. The second-order valence-corrected chi connectivity index (χ2v) is 6.42. The van der Waals surface area contributed by atoms with Crippen molar-refractivity contribution in [2.24, 2.45) is 0 Å². The van der Waals surface area contributed by atoms with Gasteiger partial charge >= 0.3 is 0 Å². The molecule has 1 N–H and O–H groups in total. The average Bonchev–Trinajstić information content (AvgIpc) is 2.44. The van der Waals surface area contributed by atoms with Crippen LogP contribution in [0.25, 0.3) is 0 Å². The molecule has 0 radical (unpaired) electrons. The van der Waals surface area contributed by atoms with Gasteiger partial charge in [0.15, 0.2) is 0 Å². The molecule has 1 nitrogen and oxygen atoms in total. The summed E-state index contributed by atoms with van der Waals surface area (Å²) in [6.07, 6.45) is 0. The summed E-state index contributed by atoms with van der Waals surface area (Å²) in [5.74, 6) is -0.193. The first-order valence-corrected chi connectivity index (χ1v) is 7.51. The normalized spacial score (nSPS) is 13.2. The van der Waals surface area contributed by atoms with E-state index in [1.807, 2.05) is 6.07 Å². The molecule has 0 aliphatic carbocycles. The molecule has 1 atom stereocenters. The summed E-state index contributed by atoms with van der Waals surface area (Å²) >= 11 is 0. The maximum absolute atomic E-state index is 13.5. The van der Waals surface area contributed by atoms with E-state index in [-0.39, 0.29) is 17.3 Å². The molecule has 0 amide bonds. The number of halogens is 1. The molecule has 2 aromatic carbocycles. The molecule has 0 saturated heterocycles. The quantitative estimate of drug-likeness (QED) is 0.849. The van der Waals surface area contributed by atoms with Crippen molar-refractivity contribution in [2.45, 2.75) is 39.2 Å². The van der Waals surface area contributed by atoms with Crippen LogP contribution in [-0.4, -0.2) is 6.54 Å². The van der Waals surface area contributed by atoms with Gasteiger partial charge < -0.3 is 5.32 Å². The molecule has 0 spiro atoms. The van der Waals surface area contributed by atoms with Gasteiger partial charge in [-0.25, -0.2) is 4.39 Å². The zero-order valence-electron chi connectivity index (χ0n) is 13.3. The third-order valence-corrected chi connectivity index (χ3v) is 3.70. The Kier molecular flexibility index (Phi) is 4.79. The lowest BCUT2D eigenvalue weighted by Crippen LogP contribution is -2.22. The molecule has 1 unspecified atom stereocenters. The van der Waals surface area contributed by atoms with Gasteiger partial charge in [0.05, 0.1) is 6.04 Å². The Bertz CT molecular complexity index is 581. The van der Waals surface area contributed by atoms with E-state index >= 15 is 0 Å². The summed E-state index contributed by atoms with van der Waals surface area (Å²) in [4.78, 5) is 0. The van der Waals surface area contributed by atoms with E-state index in [0.29, 0.717) is 0 Å². The molecular weight excluding hydrogens is 261 g/mol. The third kappa shape index (κ3) is 3.92. The van der Waals surface area contributed by atoms with E-state index in [1.165, 1.54) is 11.6 Å². The van der Waals surface area contributed by atoms with Crippen LogP contribution in [0.2, 0.25) is 0 Å². The lowest BCUT2D eigenvalue weighted by molar-refractivity contribution is 0.586. The maximum atomic E-state index is 13.5. The SMILES string of the molecule is CCNC(c1ccc(C(C)(C)C)cc1)c1cccc(F)c1. The first-order chi connectivity index (χ1) is 9.91. The van der Waals surface area contributed by atoms with Crippen LogP contribution in [0, 0.1) is 5.82 Å². The highest BCUT2D eigenvalue weighted by Crippen LogP contribution is 2.27. The van der Waals surface area contributed by atoms with Gasteiger partial charge in [0.25, 0.3) is 0 Å². The Balaban J connectivity index is 2.34. The number of hydrogen-bond donors (Lipinski definition) is 1. The van der Waals surface area contributed by atoms with Gasteiger partial charge in [0.1, 0.15) is 5.82 Å². The number of nitrogens with one attached hydrogen (secondary N) is 1. The van der Waals surface area contributed by atoms with E-state index in [4.69, 9.17) is 0 Å². The van der Waals surface area contributed by atoms with E-state index in [0.717, 1.165) is 17.7 Å². The molecule has 0 fully saturated rings. The van der Waals surface area contributed by atoms with Crippen molar-refractivity contribution in [2.75, 3.05) is 6.54 Å². The number of benzene rings is 2. The van der Waals surface area contributed by atoms with Crippen LogP contribution in [-0.2, 0) is 5.41 Å². The van der Waals surface area contributed by atoms with Crippen LogP contribution in [0.1, 0.15) is 50.4 Å². The Morgan fingerprint density at radius 1 is 1.00 bits per heavy atom. The molecule has 0 heterocycles. The van der Waals surface area contributed by atoms with E-state index in [9.17, 15) is 4.39 Å². The van der Waals surface area contributed by atoms with Gasteiger partial charge in [0, 0.05) is 0 Å². The molecule has 0 bridgehead atoms. The summed E-state index contributed by atoms with van der Waals surface area (Å²) < 4.78 is 13.5. The van der Waals surface area contributed by atoms with Gasteiger partial charge in [-0.05, 0) is 40.8 Å². The summed E-state index contributed by atoms with van der Waals surface area (Å²) in [6.45, 7) is 9.51. The summed E-state index contributed by atoms with van der Waals surface area (Å²) in [5.41, 5.74) is 3.57. The molecule has 0 aliphatic heterocycles. The fourth-order valence-corrected chi connectivity index (χ4v) is 2.49. The van der Waals surface area contributed by atoms with Crippen molar-refractivity contribution >= 4 is 0 Å². The zero-order chi connectivity index (χ0) is 15.5. The van der Waals surface area contributed by atoms with Gasteiger partial charge in [-0.2, -0.15) is 0 Å². The fourth-order valence-electron chi connectivity index (χ4n) is 2.49. The largest absolute Gasteiger partial charge is 0.307 e. The molecule has 21 heavy (non-hydrogen) atoms. The van der Waals surface area contributed by atoms with Gasteiger partial charge in [-0.3, -0.25) is 0 Å². The first-order valence-electron chi connectivity index (χ1n) is 7.51. The predicted octanol–water partition coefficient (Wildman–Crippen LogP) is 4.82. The van der Waals surface area contributed by atoms with E-state index < -0.39 is 0 Å². The van der Waals surface area contributed by atoms with Crippen LogP contribution < -0.4 is 5.32 Å². The molecule has 0 aromatic heterocycles. The topological polar surface area (TPSA) is 12.0 Å². The van der Waals surface area contributed by atoms with Crippen molar-refractivity contribution in [3.63, 3.8) is 0 Å². The summed E-state index contributed by atoms with van der Waals surface area (Å²) in [5, 5.41) is 3.43.